The fourth-order valence-electron chi connectivity index (χ4n) is 3.17. The second-order valence-corrected chi connectivity index (χ2v) is 9.42. The number of ether oxygens (including phenoxy) is 1. The normalized spacial score (nSPS) is 11.1. The van der Waals surface area contributed by atoms with Crippen LogP contribution in [-0.4, -0.2) is 36.2 Å². The number of hydrogen-bond donors (Lipinski definition) is 2. The maximum absolute atomic E-state index is 12.2. The van der Waals surface area contributed by atoms with E-state index < -0.39 is 9.84 Å². The monoisotopic (exact) mass is 461 g/mol. The standard InChI is InChI=1S/C24H23N5O3S/c1-3-33(30,31)21-9-5-8-20(13-21)29-23-14-22(26-16-27-23)28-19-7-4-6-17(12-19)18-10-11-24(32-2)25-15-18/h4-16H,3H2,1-2H3,(H2,26,27,28,29). The highest BCUT2D eigenvalue weighted by atomic mass is 32.2. The molecule has 168 valence electrons. The molecule has 2 aromatic heterocycles. The molecular weight excluding hydrogens is 438 g/mol. The summed E-state index contributed by atoms with van der Waals surface area (Å²) in [5, 5.41) is 6.41. The van der Waals surface area contributed by atoms with Gasteiger partial charge in [0.15, 0.2) is 9.84 Å². The second kappa shape index (κ2) is 9.66. The summed E-state index contributed by atoms with van der Waals surface area (Å²) < 4.78 is 29.4. The van der Waals surface area contributed by atoms with Crippen molar-refractivity contribution in [1.82, 2.24) is 15.0 Å². The van der Waals surface area contributed by atoms with Crippen molar-refractivity contribution in [3.05, 3.63) is 79.3 Å². The van der Waals surface area contributed by atoms with Gasteiger partial charge in [0.05, 0.1) is 17.8 Å². The van der Waals surface area contributed by atoms with Gasteiger partial charge in [0.25, 0.3) is 0 Å². The van der Waals surface area contributed by atoms with Crippen LogP contribution in [0.4, 0.5) is 23.0 Å². The Morgan fingerprint density at radius 2 is 1.52 bits per heavy atom. The molecule has 2 N–H and O–H groups in total. The first-order valence-electron chi connectivity index (χ1n) is 10.3. The van der Waals surface area contributed by atoms with E-state index in [9.17, 15) is 8.42 Å². The molecule has 0 saturated carbocycles. The summed E-state index contributed by atoms with van der Waals surface area (Å²) in [4.78, 5) is 13.0. The summed E-state index contributed by atoms with van der Waals surface area (Å²) in [7, 11) is -1.70. The number of pyridine rings is 1. The summed E-state index contributed by atoms with van der Waals surface area (Å²) in [6.45, 7) is 1.62. The Morgan fingerprint density at radius 1 is 0.818 bits per heavy atom. The predicted octanol–water partition coefficient (Wildman–Crippen LogP) is 4.83. The number of hydrogen-bond acceptors (Lipinski definition) is 8. The van der Waals surface area contributed by atoms with E-state index in [2.05, 4.69) is 25.6 Å². The number of nitrogens with zero attached hydrogens (tertiary/aromatic N) is 3. The molecular formula is C24H23N5O3S. The largest absolute Gasteiger partial charge is 0.481 e. The van der Waals surface area contributed by atoms with Crippen LogP contribution < -0.4 is 15.4 Å². The van der Waals surface area contributed by atoms with E-state index in [1.54, 1.807) is 50.6 Å². The third-order valence-electron chi connectivity index (χ3n) is 4.93. The summed E-state index contributed by atoms with van der Waals surface area (Å²) in [5.41, 5.74) is 3.44. The zero-order chi connectivity index (χ0) is 23.3. The van der Waals surface area contributed by atoms with Gasteiger partial charge < -0.3 is 15.4 Å². The topological polar surface area (TPSA) is 106 Å². The van der Waals surface area contributed by atoms with Crippen molar-refractivity contribution in [2.24, 2.45) is 0 Å². The van der Waals surface area contributed by atoms with Crippen molar-refractivity contribution in [3.8, 4) is 17.0 Å². The number of anilines is 4. The molecule has 0 aliphatic heterocycles. The molecule has 0 saturated heterocycles. The Bertz CT molecular complexity index is 1360. The minimum absolute atomic E-state index is 0.0453. The summed E-state index contributed by atoms with van der Waals surface area (Å²) in [6.07, 6.45) is 3.20. The number of nitrogens with one attached hydrogen (secondary N) is 2. The Labute approximate surface area is 192 Å². The molecule has 9 heteroatoms. The Balaban J connectivity index is 1.52. The maximum atomic E-state index is 12.2. The molecule has 0 spiro atoms. The highest BCUT2D eigenvalue weighted by molar-refractivity contribution is 7.91. The van der Waals surface area contributed by atoms with Crippen LogP contribution in [0, 0.1) is 0 Å². The highest BCUT2D eigenvalue weighted by Crippen LogP contribution is 2.26. The van der Waals surface area contributed by atoms with Crippen LogP contribution in [0.3, 0.4) is 0 Å². The van der Waals surface area contributed by atoms with Gasteiger partial charge in [0.1, 0.15) is 18.0 Å². The van der Waals surface area contributed by atoms with Crippen LogP contribution in [0.25, 0.3) is 11.1 Å². The van der Waals surface area contributed by atoms with Crippen LogP contribution in [0.1, 0.15) is 6.92 Å². The smallest absolute Gasteiger partial charge is 0.212 e. The third-order valence-corrected chi connectivity index (χ3v) is 6.66. The van der Waals surface area contributed by atoms with Crippen LogP contribution >= 0.6 is 0 Å². The van der Waals surface area contributed by atoms with Gasteiger partial charge >= 0.3 is 0 Å². The maximum Gasteiger partial charge on any atom is 0.212 e. The van der Waals surface area contributed by atoms with Gasteiger partial charge in [-0.15, -0.1) is 0 Å². The highest BCUT2D eigenvalue weighted by Gasteiger charge is 2.12. The number of rotatable bonds is 8. The molecule has 4 rings (SSSR count). The number of aromatic nitrogens is 3. The van der Waals surface area contributed by atoms with Crippen LogP contribution in [0.2, 0.25) is 0 Å². The fourth-order valence-corrected chi connectivity index (χ4v) is 4.10. The lowest BCUT2D eigenvalue weighted by molar-refractivity contribution is 0.398. The molecule has 0 aliphatic carbocycles. The van der Waals surface area contributed by atoms with E-state index >= 15 is 0 Å². The number of sulfone groups is 1. The SMILES string of the molecule is CCS(=O)(=O)c1cccc(Nc2cc(Nc3cccc(-c4ccc(OC)nc4)c3)ncn2)c1. The van der Waals surface area contributed by atoms with Crippen LogP contribution in [0.15, 0.2) is 84.1 Å². The van der Waals surface area contributed by atoms with Gasteiger partial charge in [-0.2, -0.15) is 0 Å². The lowest BCUT2D eigenvalue weighted by atomic mass is 10.1. The van der Waals surface area contributed by atoms with Gasteiger partial charge in [-0.05, 0) is 42.0 Å². The lowest BCUT2D eigenvalue weighted by Gasteiger charge is -2.11. The summed E-state index contributed by atoms with van der Waals surface area (Å²) in [5.74, 6) is 1.74. The van der Waals surface area contributed by atoms with Crippen molar-refractivity contribution in [3.63, 3.8) is 0 Å². The Morgan fingerprint density at radius 3 is 2.15 bits per heavy atom. The fraction of sp³-hybridized carbons (Fsp3) is 0.125. The summed E-state index contributed by atoms with van der Waals surface area (Å²) >= 11 is 0. The first-order chi connectivity index (χ1) is 16.0. The van der Waals surface area contributed by atoms with Crippen molar-refractivity contribution < 1.29 is 13.2 Å². The molecule has 2 aromatic carbocycles. The van der Waals surface area contributed by atoms with E-state index in [-0.39, 0.29) is 10.6 Å². The van der Waals surface area contributed by atoms with Crippen LogP contribution in [0.5, 0.6) is 5.88 Å². The third kappa shape index (κ3) is 5.45. The van der Waals surface area contributed by atoms with Crippen LogP contribution in [-0.2, 0) is 9.84 Å². The van der Waals surface area contributed by atoms with E-state index in [1.165, 1.54) is 6.33 Å². The van der Waals surface area contributed by atoms with Crippen molar-refractivity contribution in [2.45, 2.75) is 11.8 Å². The molecule has 2 heterocycles. The molecule has 0 aliphatic rings. The minimum Gasteiger partial charge on any atom is -0.481 e. The average Bonchev–Trinajstić information content (AvgIpc) is 2.85. The van der Waals surface area contributed by atoms with E-state index in [0.29, 0.717) is 23.2 Å². The van der Waals surface area contributed by atoms with Gasteiger partial charge in [-0.3, -0.25) is 0 Å². The molecule has 0 atom stereocenters. The average molecular weight is 462 g/mol. The Kier molecular flexibility index (Phi) is 6.50. The van der Waals surface area contributed by atoms with Crippen molar-refractivity contribution in [1.29, 1.82) is 0 Å². The number of methoxy groups -OCH3 is 1. The molecule has 4 aromatic rings. The molecule has 0 fully saturated rings. The molecule has 0 bridgehead atoms. The molecule has 0 radical (unpaired) electrons. The lowest BCUT2D eigenvalue weighted by Crippen LogP contribution is -2.04. The van der Waals surface area contributed by atoms with Gasteiger partial charge in [-0.1, -0.05) is 25.1 Å². The Hall–Kier alpha value is -3.98. The zero-order valence-electron chi connectivity index (χ0n) is 18.2. The van der Waals surface area contributed by atoms with Gasteiger partial charge in [0.2, 0.25) is 5.88 Å². The van der Waals surface area contributed by atoms with Gasteiger partial charge in [-0.25, -0.2) is 23.4 Å². The van der Waals surface area contributed by atoms with E-state index in [1.807, 2.05) is 36.4 Å². The van der Waals surface area contributed by atoms with Crippen molar-refractivity contribution in [2.75, 3.05) is 23.5 Å². The second-order valence-electron chi connectivity index (χ2n) is 7.14. The first-order valence-corrected chi connectivity index (χ1v) is 11.9. The van der Waals surface area contributed by atoms with E-state index in [4.69, 9.17) is 4.74 Å². The first kappa shape index (κ1) is 22.2. The quantitative estimate of drug-likeness (QED) is 0.384. The molecule has 0 amide bonds. The minimum atomic E-state index is -3.29. The molecule has 33 heavy (non-hydrogen) atoms. The number of benzene rings is 2. The summed E-state index contributed by atoms with van der Waals surface area (Å²) in [6, 6.07) is 20.1. The molecule has 8 nitrogen and oxygen atoms in total. The zero-order valence-corrected chi connectivity index (χ0v) is 19.0. The molecule has 0 unspecified atom stereocenters. The predicted molar refractivity (Wildman–Crippen MR) is 129 cm³/mol. The van der Waals surface area contributed by atoms with E-state index in [0.717, 1.165) is 16.8 Å². The van der Waals surface area contributed by atoms with Gasteiger partial charge in [0, 0.05) is 35.3 Å². The van der Waals surface area contributed by atoms with Crippen molar-refractivity contribution >= 4 is 32.8 Å².